The quantitative estimate of drug-likeness (QED) is 0.820. The summed E-state index contributed by atoms with van der Waals surface area (Å²) in [6, 6.07) is 9.43. The molecule has 0 saturated heterocycles. The number of hydrogen-bond acceptors (Lipinski definition) is 3. The van der Waals surface area contributed by atoms with Gasteiger partial charge in [0.15, 0.2) is 0 Å². The molecule has 1 atom stereocenters. The molecule has 20 heavy (non-hydrogen) atoms. The molecule has 0 bridgehead atoms. The van der Waals surface area contributed by atoms with Crippen LogP contribution in [0.1, 0.15) is 18.9 Å². The van der Waals surface area contributed by atoms with Crippen LogP contribution in [0.25, 0.3) is 0 Å². The molecular formula is C14H22ClN3O2. The molecule has 1 aromatic carbocycles. The van der Waals surface area contributed by atoms with Crippen molar-refractivity contribution in [1.82, 2.24) is 10.2 Å². The number of carbonyl (C=O) groups is 2. The summed E-state index contributed by atoms with van der Waals surface area (Å²) in [7, 11) is 1.60. The lowest BCUT2D eigenvalue weighted by molar-refractivity contribution is -0.135. The summed E-state index contributed by atoms with van der Waals surface area (Å²) in [5.74, 6) is -0.297. The highest BCUT2D eigenvalue weighted by molar-refractivity contribution is 5.85. The van der Waals surface area contributed by atoms with Crippen molar-refractivity contribution in [2.75, 3.05) is 13.6 Å². The van der Waals surface area contributed by atoms with Crippen LogP contribution >= 0.6 is 12.4 Å². The number of likely N-dealkylation sites (N-methyl/N-ethyl adjacent to an activating group) is 1. The minimum atomic E-state index is -0.192. The Kier molecular flexibility index (Phi) is 8.59. The number of nitrogens with one attached hydrogen (secondary N) is 1. The van der Waals surface area contributed by atoms with Crippen molar-refractivity contribution in [3.63, 3.8) is 0 Å². The van der Waals surface area contributed by atoms with Crippen LogP contribution in [-0.4, -0.2) is 36.3 Å². The summed E-state index contributed by atoms with van der Waals surface area (Å²) >= 11 is 0. The number of hydrogen-bond donors (Lipinski definition) is 2. The number of nitrogens with two attached hydrogens (primary N) is 1. The smallest absolute Gasteiger partial charge is 0.239 e. The number of benzene rings is 1. The van der Waals surface area contributed by atoms with Crippen LogP contribution in [0.15, 0.2) is 30.3 Å². The summed E-state index contributed by atoms with van der Waals surface area (Å²) in [4.78, 5) is 24.7. The van der Waals surface area contributed by atoms with E-state index in [2.05, 4.69) is 5.32 Å². The third-order valence-electron chi connectivity index (χ3n) is 2.64. The van der Waals surface area contributed by atoms with E-state index < -0.39 is 0 Å². The highest BCUT2D eigenvalue weighted by atomic mass is 35.5. The second kappa shape index (κ2) is 9.34. The molecule has 0 aliphatic carbocycles. The Labute approximate surface area is 125 Å². The van der Waals surface area contributed by atoms with Crippen molar-refractivity contribution < 1.29 is 9.59 Å². The van der Waals surface area contributed by atoms with Gasteiger partial charge in [0.2, 0.25) is 11.8 Å². The average Bonchev–Trinajstić information content (AvgIpc) is 2.36. The van der Waals surface area contributed by atoms with Gasteiger partial charge in [0.05, 0.1) is 6.54 Å². The normalized spacial score (nSPS) is 11.2. The molecular weight excluding hydrogens is 278 g/mol. The van der Waals surface area contributed by atoms with E-state index in [1.54, 1.807) is 14.0 Å². The molecule has 0 aliphatic rings. The second-order valence-electron chi connectivity index (χ2n) is 4.69. The van der Waals surface area contributed by atoms with Crippen LogP contribution < -0.4 is 11.1 Å². The molecule has 0 aromatic heterocycles. The van der Waals surface area contributed by atoms with Gasteiger partial charge in [-0.25, -0.2) is 0 Å². The number of carbonyl (C=O) groups excluding carboxylic acids is 2. The predicted octanol–water partition coefficient (Wildman–Crippen LogP) is 0.920. The lowest BCUT2D eigenvalue weighted by Crippen LogP contribution is -2.39. The van der Waals surface area contributed by atoms with Crippen molar-refractivity contribution in [2.24, 2.45) is 5.73 Å². The molecule has 6 heteroatoms. The van der Waals surface area contributed by atoms with E-state index in [1.165, 1.54) is 4.90 Å². The van der Waals surface area contributed by atoms with E-state index in [9.17, 15) is 9.59 Å². The Morgan fingerprint density at radius 1 is 1.30 bits per heavy atom. The van der Waals surface area contributed by atoms with Crippen molar-refractivity contribution in [2.45, 2.75) is 25.9 Å². The first-order valence-electron chi connectivity index (χ1n) is 6.29. The van der Waals surface area contributed by atoms with Crippen molar-refractivity contribution >= 4 is 24.2 Å². The minimum Gasteiger partial charge on any atom is -0.350 e. The molecule has 0 heterocycles. The Morgan fingerprint density at radius 3 is 2.45 bits per heavy atom. The minimum absolute atomic E-state index is 0. The van der Waals surface area contributed by atoms with Crippen LogP contribution in [0, 0.1) is 0 Å². The average molecular weight is 300 g/mol. The molecule has 0 fully saturated rings. The summed E-state index contributed by atoms with van der Waals surface area (Å²) < 4.78 is 0. The van der Waals surface area contributed by atoms with E-state index in [4.69, 9.17) is 5.73 Å². The van der Waals surface area contributed by atoms with E-state index >= 15 is 0 Å². The first kappa shape index (κ1) is 18.4. The van der Waals surface area contributed by atoms with Crippen LogP contribution in [0.5, 0.6) is 0 Å². The number of amides is 2. The van der Waals surface area contributed by atoms with Gasteiger partial charge in [-0.3, -0.25) is 9.59 Å². The van der Waals surface area contributed by atoms with Gasteiger partial charge in [0, 0.05) is 26.1 Å². The van der Waals surface area contributed by atoms with E-state index in [-0.39, 0.29) is 43.2 Å². The molecule has 1 aromatic rings. The van der Waals surface area contributed by atoms with Gasteiger partial charge in [0.1, 0.15) is 0 Å². The molecule has 0 saturated carbocycles. The molecule has 112 valence electrons. The molecule has 0 spiro atoms. The first-order valence-corrected chi connectivity index (χ1v) is 6.29. The van der Waals surface area contributed by atoms with Gasteiger partial charge in [0.25, 0.3) is 0 Å². The molecule has 3 N–H and O–H groups in total. The highest BCUT2D eigenvalue weighted by Crippen LogP contribution is 1.98. The van der Waals surface area contributed by atoms with Gasteiger partial charge in [-0.05, 0) is 12.5 Å². The van der Waals surface area contributed by atoms with Crippen molar-refractivity contribution in [1.29, 1.82) is 0 Å². The summed E-state index contributed by atoms with van der Waals surface area (Å²) in [6.07, 6.45) is 0.252. The summed E-state index contributed by atoms with van der Waals surface area (Å²) in [5, 5.41) is 2.77. The zero-order valence-corrected chi connectivity index (χ0v) is 12.7. The molecule has 5 nitrogen and oxygen atoms in total. The predicted molar refractivity (Wildman–Crippen MR) is 81.4 cm³/mol. The molecule has 2 amide bonds. The molecule has 0 radical (unpaired) electrons. The molecule has 1 rings (SSSR count). The molecule has 0 aliphatic heterocycles. The number of halogens is 1. The Bertz CT molecular complexity index is 424. The number of rotatable bonds is 6. The van der Waals surface area contributed by atoms with Gasteiger partial charge in [-0.2, -0.15) is 0 Å². The Morgan fingerprint density at radius 2 is 1.90 bits per heavy atom. The fraction of sp³-hybridized carbons (Fsp3) is 0.429. The van der Waals surface area contributed by atoms with Crippen LogP contribution in [-0.2, 0) is 16.1 Å². The fourth-order valence-corrected chi connectivity index (χ4v) is 1.59. The van der Waals surface area contributed by atoms with Crippen molar-refractivity contribution in [3.8, 4) is 0 Å². The van der Waals surface area contributed by atoms with Crippen LogP contribution in [0.3, 0.4) is 0 Å². The lowest BCUT2D eigenvalue weighted by atomic mass is 10.2. The van der Waals surface area contributed by atoms with Gasteiger partial charge < -0.3 is 16.0 Å². The topological polar surface area (TPSA) is 75.4 Å². The maximum Gasteiger partial charge on any atom is 0.239 e. The zero-order chi connectivity index (χ0) is 14.3. The third-order valence-corrected chi connectivity index (χ3v) is 2.64. The SMILES string of the molecule is CC(N)CC(=O)N(C)CC(=O)NCc1ccccc1.Cl. The summed E-state index contributed by atoms with van der Waals surface area (Å²) in [5.41, 5.74) is 6.58. The monoisotopic (exact) mass is 299 g/mol. The van der Waals surface area contributed by atoms with E-state index in [0.717, 1.165) is 5.56 Å². The first-order chi connectivity index (χ1) is 8.99. The second-order valence-corrected chi connectivity index (χ2v) is 4.69. The van der Waals surface area contributed by atoms with Crippen LogP contribution in [0.2, 0.25) is 0 Å². The molecule has 1 unspecified atom stereocenters. The standard InChI is InChI=1S/C14H21N3O2.ClH/c1-11(15)8-14(19)17(2)10-13(18)16-9-12-6-4-3-5-7-12;/h3-7,11H,8-10,15H2,1-2H3,(H,16,18);1H. The zero-order valence-electron chi connectivity index (χ0n) is 11.8. The Hall–Kier alpha value is -1.59. The maximum atomic E-state index is 11.7. The van der Waals surface area contributed by atoms with Gasteiger partial charge in [-0.1, -0.05) is 30.3 Å². The Balaban J connectivity index is 0.00000361. The summed E-state index contributed by atoms with van der Waals surface area (Å²) in [6.45, 7) is 2.29. The number of nitrogens with zero attached hydrogens (tertiary/aromatic N) is 1. The van der Waals surface area contributed by atoms with Gasteiger partial charge >= 0.3 is 0 Å². The van der Waals surface area contributed by atoms with Gasteiger partial charge in [-0.15, -0.1) is 12.4 Å². The van der Waals surface area contributed by atoms with E-state index in [0.29, 0.717) is 6.54 Å². The van der Waals surface area contributed by atoms with Crippen molar-refractivity contribution in [3.05, 3.63) is 35.9 Å². The largest absolute Gasteiger partial charge is 0.350 e. The third kappa shape index (κ3) is 7.11. The highest BCUT2D eigenvalue weighted by Gasteiger charge is 2.13. The van der Waals surface area contributed by atoms with E-state index in [1.807, 2.05) is 30.3 Å². The fourth-order valence-electron chi connectivity index (χ4n) is 1.59. The maximum absolute atomic E-state index is 11.7. The van der Waals surface area contributed by atoms with Crippen LogP contribution in [0.4, 0.5) is 0 Å². The lowest BCUT2D eigenvalue weighted by Gasteiger charge is -2.17.